The molecule has 2 heterocycles. The van der Waals surface area contributed by atoms with Gasteiger partial charge in [-0.1, -0.05) is 22.8 Å². The highest BCUT2D eigenvalue weighted by Crippen LogP contribution is 2.25. The lowest BCUT2D eigenvalue weighted by molar-refractivity contribution is -0.117. The van der Waals surface area contributed by atoms with Gasteiger partial charge in [-0.15, -0.1) is 0 Å². The van der Waals surface area contributed by atoms with Crippen LogP contribution in [0.2, 0.25) is 5.02 Å². The van der Waals surface area contributed by atoms with Gasteiger partial charge in [-0.05, 0) is 37.7 Å². The number of hydrogen-bond donors (Lipinski definition) is 1. The number of likely N-dealkylation sites (N-methyl/N-ethyl adjacent to an activating group) is 1. The van der Waals surface area contributed by atoms with Gasteiger partial charge in [0.2, 0.25) is 5.91 Å². The molecular weight excluding hydrogens is 328 g/mol. The molecule has 7 heteroatoms. The molecule has 3 aromatic rings. The number of nitrogens with zero attached hydrogens (tertiary/aromatic N) is 3. The van der Waals surface area contributed by atoms with Gasteiger partial charge in [0.05, 0.1) is 12.1 Å². The molecule has 0 unspecified atom stereocenters. The van der Waals surface area contributed by atoms with E-state index in [1.165, 1.54) is 0 Å². The minimum Gasteiger partial charge on any atom is -0.360 e. The van der Waals surface area contributed by atoms with E-state index in [1.807, 2.05) is 36.2 Å². The lowest BCUT2D eigenvalue weighted by Crippen LogP contribution is -2.30. The standard InChI is InChI=1S/C17H17ClN4O2/c1-11-8-15(21-24-11)20-16(23)10-22(2)9-12-5-6-14(18)13-4-3-7-19-17(12)13/h3-8H,9-10H2,1-2H3,(H,20,21,23). The van der Waals surface area contributed by atoms with Gasteiger partial charge in [0.1, 0.15) is 5.76 Å². The zero-order valence-corrected chi connectivity index (χ0v) is 14.2. The molecule has 0 fully saturated rings. The maximum atomic E-state index is 12.1. The number of amides is 1. The summed E-state index contributed by atoms with van der Waals surface area (Å²) >= 11 is 6.21. The van der Waals surface area contributed by atoms with Crippen molar-refractivity contribution in [3.63, 3.8) is 0 Å². The van der Waals surface area contributed by atoms with E-state index in [4.69, 9.17) is 16.1 Å². The molecule has 0 aliphatic rings. The molecule has 0 saturated heterocycles. The number of nitrogens with one attached hydrogen (secondary N) is 1. The third-order valence-corrected chi connectivity index (χ3v) is 3.88. The van der Waals surface area contributed by atoms with E-state index >= 15 is 0 Å². The Balaban J connectivity index is 1.68. The summed E-state index contributed by atoms with van der Waals surface area (Å²) in [7, 11) is 1.87. The van der Waals surface area contributed by atoms with Crippen LogP contribution < -0.4 is 5.32 Å². The fraction of sp³-hybridized carbons (Fsp3) is 0.235. The first-order chi connectivity index (χ1) is 11.5. The highest BCUT2D eigenvalue weighted by Gasteiger charge is 2.12. The smallest absolute Gasteiger partial charge is 0.239 e. The average molecular weight is 345 g/mol. The Kier molecular flexibility index (Phi) is 4.78. The highest BCUT2D eigenvalue weighted by molar-refractivity contribution is 6.35. The summed E-state index contributed by atoms with van der Waals surface area (Å²) in [6.07, 6.45) is 1.74. The number of fused-ring (bicyclic) bond motifs is 1. The Morgan fingerprint density at radius 3 is 2.96 bits per heavy atom. The van der Waals surface area contributed by atoms with E-state index in [0.29, 0.717) is 23.1 Å². The SMILES string of the molecule is Cc1cc(NC(=O)CN(C)Cc2ccc(Cl)c3cccnc23)no1. The molecule has 0 aliphatic heterocycles. The maximum Gasteiger partial charge on any atom is 0.239 e. The van der Waals surface area contributed by atoms with Crippen LogP contribution in [0.15, 0.2) is 41.1 Å². The van der Waals surface area contributed by atoms with Gasteiger partial charge in [-0.25, -0.2) is 0 Å². The summed E-state index contributed by atoms with van der Waals surface area (Å²) in [4.78, 5) is 18.4. The highest BCUT2D eigenvalue weighted by atomic mass is 35.5. The van der Waals surface area contributed by atoms with Crippen LogP contribution in [0.4, 0.5) is 5.82 Å². The third-order valence-electron chi connectivity index (χ3n) is 3.55. The zero-order valence-electron chi connectivity index (χ0n) is 13.4. The van der Waals surface area contributed by atoms with E-state index in [0.717, 1.165) is 16.5 Å². The molecule has 3 rings (SSSR count). The van der Waals surface area contributed by atoms with Crippen molar-refractivity contribution in [3.05, 3.63) is 52.9 Å². The molecule has 1 N–H and O–H groups in total. The van der Waals surface area contributed by atoms with Crippen LogP contribution in [0.3, 0.4) is 0 Å². The van der Waals surface area contributed by atoms with Gasteiger partial charge in [-0.2, -0.15) is 0 Å². The number of halogens is 1. The van der Waals surface area contributed by atoms with Crippen molar-refractivity contribution in [3.8, 4) is 0 Å². The summed E-state index contributed by atoms with van der Waals surface area (Å²) in [5.41, 5.74) is 1.87. The lowest BCUT2D eigenvalue weighted by Gasteiger charge is -2.17. The molecule has 6 nitrogen and oxygen atoms in total. The Bertz CT molecular complexity index is 878. The molecule has 0 atom stereocenters. The maximum absolute atomic E-state index is 12.1. The number of carbonyl (C=O) groups is 1. The molecular formula is C17H17ClN4O2. The number of benzene rings is 1. The van der Waals surface area contributed by atoms with Crippen LogP contribution in [0, 0.1) is 6.92 Å². The van der Waals surface area contributed by atoms with Crippen molar-refractivity contribution in [1.82, 2.24) is 15.0 Å². The summed E-state index contributed by atoms with van der Waals surface area (Å²) in [5.74, 6) is 0.916. The van der Waals surface area contributed by atoms with E-state index in [9.17, 15) is 4.79 Å². The predicted octanol–water partition coefficient (Wildman–Crippen LogP) is 3.26. The number of anilines is 1. The lowest BCUT2D eigenvalue weighted by atomic mass is 10.1. The number of pyridine rings is 1. The number of aryl methyl sites for hydroxylation is 1. The molecule has 124 valence electrons. The topological polar surface area (TPSA) is 71.3 Å². The summed E-state index contributed by atoms with van der Waals surface area (Å²) in [6, 6.07) is 9.26. The van der Waals surface area contributed by atoms with Crippen molar-refractivity contribution in [2.45, 2.75) is 13.5 Å². The van der Waals surface area contributed by atoms with E-state index in [2.05, 4.69) is 15.5 Å². The first-order valence-electron chi connectivity index (χ1n) is 7.47. The first kappa shape index (κ1) is 16.4. The van der Waals surface area contributed by atoms with E-state index in [-0.39, 0.29) is 12.5 Å². The second kappa shape index (κ2) is 6.98. The van der Waals surface area contributed by atoms with Gasteiger partial charge in [0.25, 0.3) is 0 Å². The third kappa shape index (κ3) is 3.72. The van der Waals surface area contributed by atoms with Crippen LogP contribution in [-0.4, -0.2) is 34.5 Å². The van der Waals surface area contributed by atoms with Gasteiger partial charge >= 0.3 is 0 Å². The summed E-state index contributed by atoms with van der Waals surface area (Å²) < 4.78 is 4.93. The Morgan fingerprint density at radius 1 is 1.38 bits per heavy atom. The van der Waals surface area contributed by atoms with Crippen LogP contribution in [0.1, 0.15) is 11.3 Å². The largest absolute Gasteiger partial charge is 0.360 e. The van der Waals surface area contributed by atoms with E-state index < -0.39 is 0 Å². The molecule has 0 bridgehead atoms. The zero-order chi connectivity index (χ0) is 17.1. The molecule has 0 radical (unpaired) electrons. The average Bonchev–Trinajstić information content (AvgIpc) is 2.95. The van der Waals surface area contributed by atoms with Crippen molar-refractivity contribution in [1.29, 1.82) is 0 Å². The van der Waals surface area contributed by atoms with Gasteiger partial charge in [-0.3, -0.25) is 14.7 Å². The van der Waals surface area contributed by atoms with Crippen LogP contribution >= 0.6 is 11.6 Å². The van der Waals surface area contributed by atoms with Crippen LogP contribution in [0.5, 0.6) is 0 Å². The summed E-state index contributed by atoms with van der Waals surface area (Å²) in [5, 5.41) is 8.03. The quantitative estimate of drug-likeness (QED) is 0.769. The fourth-order valence-corrected chi connectivity index (χ4v) is 2.74. The Labute approximate surface area is 144 Å². The molecule has 0 spiro atoms. The number of carbonyl (C=O) groups excluding carboxylic acids is 1. The van der Waals surface area contributed by atoms with Gasteiger partial charge < -0.3 is 9.84 Å². The normalized spacial score (nSPS) is 11.2. The fourth-order valence-electron chi connectivity index (χ4n) is 2.52. The molecule has 0 saturated carbocycles. The van der Waals surface area contributed by atoms with Crippen molar-refractivity contribution < 1.29 is 9.32 Å². The van der Waals surface area contributed by atoms with Crippen molar-refractivity contribution in [2.75, 3.05) is 18.9 Å². The minimum absolute atomic E-state index is 0.156. The van der Waals surface area contributed by atoms with Crippen molar-refractivity contribution in [2.24, 2.45) is 0 Å². The molecule has 24 heavy (non-hydrogen) atoms. The van der Waals surface area contributed by atoms with Crippen LogP contribution in [0.25, 0.3) is 10.9 Å². The van der Waals surface area contributed by atoms with Crippen molar-refractivity contribution >= 4 is 34.2 Å². The van der Waals surface area contributed by atoms with E-state index in [1.54, 1.807) is 19.2 Å². The Hall–Kier alpha value is -2.44. The number of aromatic nitrogens is 2. The second-order valence-electron chi connectivity index (χ2n) is 5.65. The first-order valence-corrected chi connectivity index (χ1v) is 7.84. The number of rotatable bonds is 5. The Morgan fingerprint density at radius 2 is 2.21 bits per heavy atom. The summed E-state index contributed by atoms with van der Waals surface area (Å²) in [6.45, 7) is 2.58. The minimum atomic E-state index is -0.156. The monoisotopic (exact) mass is 344 g/mol. The molecule has 1 aromatic carbocycles. The molecule has 1 amide bonds. The second-order valence-corrected chi connectivity index (χ2v) is 6.06. The van der Waals surface area contributed by atoms with Gasteiger partial charge in [0.15, 0.2) is 5.82 Å². The molecule has 0 aliphatic carbocycles. The molecule has 2 aromatic heterocycles. The van der Waals surface area contributed by atoms with Crippen LogP contribution in [-0.2, 0) is 11.3 Å². The predicted molar refractivity (Wildman–Crippen MR) is 93.0 cm³/mol. The number of hydrogen-bond acceptors (Lipinski definition) is 5. The van der Waals surface area contributed by atoms with Gasteiger partial charge in [0, 0.05) is 29.2 Å².